The maximum absolute atomic E-state index is 12.2. The number of hydrogen-bond acceptors (Lipinski definition) is 5. The van der Waals surface area contributed by atoms with Gasteiger partial charge >= 0.3 is 0 Å². The number of rotatable bonds is 5. The highest BCUT2D eigenvalue weighted by atomic mass is 16.5. The zero-order valence-corrected chi connectivity index (χ0v) is 12.7. The molecule has 3 N–H and O–H groups in total. The van der Waals surface area contributed by atoms with Gasteiger partial charge in [-0.15, -0.1) is 0 Å². The highest BCUT2D eigenvalue weighted by Crippen LogP contribution is 2.16. The highest BCUT2D eigenvalue weighted by molar-refractivity contribution is 5.87. The normalized spacial score (nSPS) is 27.6. The quantitative estimate of drug-likeness (QED) is 0.664. The van der Waals surface area contributed by atoms with Crippen LogP contribution in [0, 0.1) is 0 Å². The Morgan fingerprint density at radius 2 is 2.14 bits per heavy atom. The Kier molecular flexibility index (Phi) is 5.96. The highest BCUT2D eigenvalue weighted by Gasteiger charge is 2.30. The average Bonchev–Trinajstić information content (AvgIpc) is 2.47. The van der Waals surface area contributed by atoms with Crippen LogP contribution in [0.3, 0.4) is 0 Å². The number of carbonyl (C=O) groups excluding carboxylic acids is 2. The van der Waals surface area contributed by atoms with Crippen molar-refractivity contribution in [1.82, 2.24) is 15.1 Å². The Morgan fingerprint density at radius 3 is 2.86 bits per heavy atom. The lowest BCUT2D eigenvalue weighted by Gasteiger charge is -2.34. The van der Waals surface area contributed by atoms with Gasteiger partial charge in [0.15, 0.2) is 0 Å². The molecule has 0 saturated carbocycles. The monoisotopic (exact) mass is 298 g/mol. The summed E-state index contributed by atoms with van der Waals surface area (Å²) in [4.78, 5) is 27.5. The van der Waals surface area contributed by atoms with Crippen molar-refractivity contribution in [2.24, 2.45) is 5.73 Å². The molecule has 0 aromatic heterocycles. The number of likely N-dealkylation sites (tertiary alicyclic amines) is 1. The molecule has 2 amide bonds. The Bertz CT molecular complexity index is 377. The van der Waals surface area contributed by atoms with Crippen LogP contribution in [0.5, 0.6) is 0 Å². The number of likely N-dealkylation sites (N-methyl/N-ethyl adjacent to an activating group) is 1. The summed E-state index contributed by atoms with van der Waals surface area (Å²) < 4.78 is 5.63. The molecular formula is C14H26N4O3. The fourth-order valence-corrected chi connectivity index (χ4v) is 2.96. The minimum absolute atomic E-state index is 0.0531. The van der Waals surface area contributed by atoms with E-state index in [1.165, 1.54) is 0 Å². The fraction of sp³-hybridized carbons (Fsp3) is 0.857. The van der Waals surface area contributed by atoms with Gasteiger partial charge in [-0.2, -0.15) is 0 Å². The molecule has 2 aliphatic heterocycles. The van der Waals surface area contributed by atoms with Crippen molar-refractivity contribution in [3.05, 3.63) is 0 Å². The van der Waals surface area contributed by atoms with Crippen LogP contribution in [-0.4, -0.2) is 80.1 Å². The summed E-state index contributed by atoms with van der Waals surface area (Å²) in [5, 5.41) is 3.14. The maximum atomic E-state index is 12.2. The summed E-state index contributed by atoms with van der Waals surface area (Å²) in [6, 6.07) is -0.440. The molecule has 0 radical (unpaired) electrons. The first kappa shape index (κ1) is 16.2. The second-order valence-corrected chi connectivity index (χ2v) is 5.89. The molecule has 120 valence electrons. The standard InChI is InChI=1S/C14H26N4O3/c1-17-6-7-21-11(10-17)8-16-9-13(19)18-5-3-2-4-12(18)14(15)20/h11-12,16H,2-10H2,1H3,(H2,15,20)/t11-,12-/m0/s1. The predicted octanol–water partition coefficient (Wildman–Crippen LogP) is -1.23. The van der Waals surface area contributed by atoms with Crippen molar-refractivity contribution in [3.63, 3.8) is 0 Å². The van der Waals surface area contributed by atoms with Crippen molar-refractivity contribution < 1.29 is 14.3 Å². The number of ether oxygens (including phenoxy) is 1. The SMILES string of the molecule is CN1CCO[C@@H](CNCC(=O)N2CCCC[C@H]2C(N)=O)C1. The molecule has 0 unspecified atom stereocenters. The Hall–Kier alpha value is -1.18. The number of morpholine rings is 1. The molecule has 0 aliphatic carbocycles. The molecule has 21 heavy (non-hydrogen) atoms. The fourth-order valence-electron chi connectivity index (χ4n) is 2.96. The first-order valence-corrected chi connectivity index (χ1v) is 7.67. The van der Waals surface area contributed by atoms with Gasteiger partial charge in [-0.25, -0.2) is 0 Å². The van der Waals surface area contributed by atoms with E-state index in [0.29, 0.717) is 19.5 Å². The summed E-state index contributed by atoms with van der Waals surface area (Å²) in [7, 11) is 2.06. The van der Waals surface area contributed by atoms with Crippen LogP contribution >= 0.6 is 0 Å². The second-order valence-electron chi connectivity index (χ2n) is 5.89. The van der Waals surface area contributed by atoms with Crippen LogP contribution in [0.4, 0.5) is 0 Å². The predicted molar refractivity (Wildman–Crippen MR) is 78.7 cm³/mol. The summed E-state index contributed by atoms with van der Waals surface area (Å²) >= 11 is 0. The molecule has 2 rings (SSSR count). The van der Waals surface area contributed by atoms with Gasteiger partial charge in [-0.05, 0) is 26.3 Å². The number of nitrogens with one attached hydrogen (secondary N) is 1. The second kappa shape index (κ2) is 7.72. The molecule has 2 heterocycles. The zero-order chi connectivity index (χ0) is 15.2. The third-order valence-electron chi connectivity index (χ3n) is 4.14. The molecule has 0 bridgehead atoms. The lowest BCUT2D eigenvalue weighted by Crippen LogP contribution is -2.53. The third kappa shape index (κ3) is 4.66. The number of nitrogens with two attached hydrogens (primary N) is 1. The van der Waals surface area contributed by atoms with Gasteiger partial charge in [0.2, 0.25) is 11.8 Å². The lowest BCUT2D eigenvalue weighted by molar-refractivity contribution is -0.140. The number of nitrogens with zero attached hydrogens (tertiary/aromatic N) is 2. The number of carbonyl (C=O) groups is 2. The van der Waals surface area contributed by atoms with E-state index in [1.807, 2.05) is 0 Å². The van der Waals surface area contributed by atoms with Gasteiger partial charge in [0.1, 0.15) is 6.04 Å². The number of hydrogen-bond donors (Lipinski definition) is 2. The maximum Gasteiger partial charge on any atom is 0.240 e. The van der Waals surface area contributed by atoms with Crippen molar-refractivity contribution in [2.75, 3.05) is 46.4 Å². The molecule has 2 atom stereocenters. The Balaban J connectivity index is 1.74. The van der Waals surface area contributed by atoms with E-state index in [-0.39, 0.29) is 18.6 Å². The molecule has 2 aliphatic rings. The van der Waals surface area contributed by atoms with Crippen LogP contribution in [0.2, 0.25) is 0 Å². The average molecular weight is 298 g/mol. The lowest BCUT2D eigenvalue weighted by atomic mass is 10.0. The molecule has 7 nitrogen and oxygen atoms in total. The van der Waals surface area contributed by atoms with E-state index in [4.69, 9.17) is 10.5 Å². The molecular weight excluding hydrogens is 272 g/mol. The molecule has 0 aromatic rings. The largest absolute Gasteiger partial charge is 0.374 e. The summed E-state index contributed by atoms with van der Waals surface area (Å²) in [5.74, 6) is -0.456. The molecule has 2 fully saturated rings. The van der Waals surface area contributed by atoms with Crippen molar-refractivity contribution in [1.29, 1.82) is 0 Å². The van der Waals surface area contributed by atoms with E-state index in [9.17, 15) is 9.59 Å². The van der Waals surface area contributed by atoms with Crippen LogP contribution in [0.15, 0.2) is 0 Å². The van der Waals surface area contributed by atoms with Crippen LogP contribution in [0.25, 0.3) is 0 Å². The van der Waals surface area contributed by atoms with E-state index in [2.05, 4.69) is 17.3 Å². The van der Waals surface area contributed by atoms with E-state index in [1.54, 1.807) is 4.90 Å². The number of amides is 2. The number of piperidine rings is 1. The molecule has 0 spiro atoms. The van der Waals surface area contributed by atoms with Crippen molar-refractivity contribution in [2.45, 2.75) is 31.4 Å². The van der Waals surface area contributed by atoms with Crippen LogP contribution in [0.1, 0.15) is 19.3 Å². The minimum Gasteiger partial charge on any atom is -0.374 e. The Morgan fingerprint density at radius 1 is 1.33 bits per heavy atom. The van der Waals surface area contributed by atoms with Crippen molar-refractivity contribution >= 4 is 11.8 Å². The first-order chi connectivity index (χ1) is 10.1. The minimum atomic E-state index is -0.440. The zero-order valence-electron chi connectivity index (χ0n) is 12.7. The summed E-state index contributed by atoms with van der Waals surface area (Å²) in [6.45, 7) is 4.04. The van der Waals surface area contributed by atoms with Gasteiger partial charge in [0.25, 0.3) is 0 Å². The van der Waals surface area contributed by atoms with Gasteiger partial charge in [0, 0.05) is 26.2 Å². The van der Waals surface area contributed by atoms with Crippen LogP contribution in [-0.2, 0) is 14.3 Å². The van der Waals surface area contributed by atoms with Gasteiger partial charge in [-0.3, -0.25) is 9.59 Å². The summed E-state index contributed by atoms with van der Waals surface area (Å²) in [5.41, 5.74) is 5.38. The topological polar surface area (TPSA) is 87.9 Å². The van der Waals surface area contributed by atoms with Crippen LogP contribution < -0.4 is 11.1 Å². The van der Waals surface area contributed by atoms with E-state index in [0.717, 1.165) is 32.5 Å². The van der Waals surface area contributed by atoms with E-state index < -0.39 is 11.9 Å². The van der Waals surface area contributed by atoms with Gasteiger partial charge < -0.3 is 25.6 Å². The molecule has 2 saturated heterocycles. The van der Waals surface area contributed by atoms with Gasteiger partial charge in [0.05, 0.1) is 19.3 Å². The third-order valence-corrected chi connectivity index (χ3v) is 4.14. The van der Waals surface area contributed by atoms with Gasteiger partial charge in [-0.1, -0.05) is 0 Å². The molecule has 7 heteroatoms. The summed E-state index contributed by atoms with van der Waals surface area (Å²) in [6.07, 6.45) is 2.68. The first-order valence-electron chi connectivity index (χ1n) is 7.67. The Labute approximate surface area is 125 Å². The molecule has 0 aromatic carbocycles. The van der Waals surface area contributed by atoms with E-state index >= 15 is 0 Å². The smallest absolute Gasteiger partial charge is 0.240 e. The number of primary amides is 1. The van der Waals surface area contributed by atoms with Crippen molar-refractivity contribution in [3.8, 4) is 0 Å².